The summed E-state index contributed by atoms with van der Waals surface area (Å²) < 4.78 is 18.5. The number of nitrogens with one attached hydrogen (secondary N) is 1. The van der Waals surface area contributed by atoms with Gasteiger partial charge in [-0.3, -0.25) is 0 Å². The van der Waals surface area contributed by atoms with Gasteiger partial charge in [-0.1, -0.05) is 29.4 Å². The number of ether oxygens (including phenoxy) is 3. The molecule has 2 aromatic carbocycles. The van der Waals surface area contributed by atoms with Gasteiger partial charge in [-0.15, -0.1) is 0 Å². The molecular weight excluding hydrogens is 374 g/mol. The Morgan fingerprint density at radius 1 is 1.07 bits per heavy atom. The smallest absolute Gasteiger partial charge is 0.346 e. The van der Waals surface area contributed by atoms with E-state index >= 15 is 0 Å². The molecule has 0 amide bonds. The number of aliphatic hydroxyl groups excluding tert-OH is 1. The molecule has 9 nitrogen and oxygen atoms in total. The molecule has 0 unspecified atom stereocenters. The largest absolute Gasteiger partial charge is 0.490 e. The van der Waals surface area contributed by atoms with Crippen LogP contribution in [0.25, 0.3) is 5.69 Å². The van der Waals surface area contributed by atoms with Gasteiger partial charge in [0.1, 0.15) is 0 Å². The molecule has 1 heterocycles. The lowest BCUT2D eigenvalue weighted by atomic mass is 10.2. The Hall–Kier alpha value is -3.01. The quantitative estimate of drug-likeness (QED) is 0.446. The normalized spacial score (nSPS) is 10.8. The SMILES string of the molecule is CCOc1cc(CNCCOCCO)ccc1Oc1nnnn1-c1ccccc1. The number of aromatic nitrogens is 4. The predicted molar refractivity (Wildman–Crippen MR) is 106 cm³/mol. The van der Waals surface area contributed by atoms with Crippen LogP contribution in [0.15, 0.2) is 48.5 Å². The molecule has 3 rings (SSSR count). The number of aliphatic hydroxyl groups is 1. The average Bonchev–Trinajstić information content (AvgIpc) is 3.21. The second-order valence-electron chi connectivity index (χ2n) is 6.04. The Kier molecular flexibility index (Phi) is 7.93. The van der Waals surface area contributed by atoms with Crippen LogP contribution < -0.4 is 14.8 Å². The molecule has 0 aliphatic heterocycles. The second kappa shape index (κ2) is 11.1. The third kappa shape index (κ3) is 5.98. The van der Waals surface area contributed by atoms with Crippen LogP contribution in [0, 0.1) is 0 Å². The Labute approximate surface area is 169 Å². The van der Waals surface area contributed by atoms with Crippen molar-refractivity contribution >= 4 is 0 Å². The van der Waals surface area contributed by atoms with Crippen molar-refractivity contribution in [2.24, 2.45) is 0 Å². The molecule has 0 saturated carbocycles. The van der Waals surface area contributed by atoms with Gasteiger partial charge >= 0.3 is 6.01 Å². The minimum Gasteiger partial charge on any atom is -0.490 e. The summed E-state index contributed by atoms with van der Waals surface area (Å²) in [6, 6.07) is 15.5. The first-order valence-corrected chi connectivity index (χ1v) is 9.48. The van der Waals surface area contributed by atoms with Gasteiger partial charge in [0.25, 0.3) is 0 Å². The Morgan fingerprint density at radius 3 is 2.72 bits per heavy atom. The molecule has 0 spiro atoms. The highest BCUT2D eigenvalue weighted by Gasteiger charge is 2.14. The summed E-state index contributed by atoms with van der Waals surface area (Å²) in [5.74, 6) is 1.15. The zero-order valence-electron chi connectivity index (χ0n) is 16.3. The van der Waals surface area contributed by atoms with E-state index in [-0.39, 0.29) is 12.6 Å². The first kappa shape index (κ1) is 20.7. The van der Waals surface area contributed by atoms with Crippen molar-refractivity contribution in [3.05, 3.63) is 54.1 Å². The fraction of sp³-hybridized carbons (Fsp3) is 0.350. The molecule has 0 saturated heterocycles. The van der Waals surface area contributed by atoms with Crippen LogP contribution in [0.3, 0.4) is 0 Å². The maximum absolute atomic E-state index is 8.70. The fourth-order valence-corrected chi connectivity index (χ4v) is 2.63. The molecule has 0 atom stereocenters. The summed E-state index contributed by atoms with van der Waals surface area (Å²) in [7, 11) is 0. The van der Waals surface area contributed by atoms with Gasteiger partial charge in [0.2, 0.25) is 0 Å². The van der Waals surface area contributed by atoms with E-state index in [1.807, 2.05) is 55.5 Å². The predicted octanol–water partition coefficient (Wildman–Crippen LogP) is 1.95. The minimum atomic E-state index is 0.0345. The van der Waals surface area contributed by atoms with Crippen molar-refractivity contribution in [3.8, 4) is 23.2 Å². The fourth-order valence-electron chi connectivity index (χ4n) is 2.63. The van der Waals surface area contributed by atoms with E-state index in [0.29, 0.717) is 44.4 Å². The van der Waals surface area contributed by atoms with Gasteiger partial charge in [-0.05, 0) is 47.2 Å². The van der Waals surface area contributed by atoms with E-state index < -0.39 is 0 Å². The van der Waals surface area contributed by atoms with Crippen molar-refractivity contribution in [1.82, 2.24) is 25.5 Å². The van der Waals surface area contributed by atoms with Crippen LogP contribution in [-0.4, -0.2) is 58.3 Å². The topological polar surface area (TPSA) is 104 Å². The Balaban J connectivity index is 1.68. The summed E-state index contributed by atoms with van der Waals surface area (Å²) in [5, 5.41) is 23.7. The summed E-state index contributed by atoms with van der Waals surface area (Å²) in [6.45, 7) is 4.70. The molecule has 0 bridgehead atoms. The van der Waals surface area contributed by atoms with Crippen molar-refractivity contribution < 1.29 is 19.3 Å². The first-order chi connectivity index (χ1) is 14.3. The molecule has 0 aliphatic carbocycles. The maximum atomic E-state index is 8.70. The van der Waals surface area contributed by atoms with Gasteiger partial charge in [0.05, 0.1) is 32.1 Å². The van der Waals surface area contributed by atoms with Crippen molar-refractivity contribution in [2.75, 3.05) is 33.0 Å². The van der Waals surface area contributed by atoms with Gasteiger partial charge in [-0.25, -0.2) is 0 Å². The monoisotopic (exact) mass is 399 g/mol. The number of hydrogen-bond donors (Lipinski definition) is 2. The second-order valence-corrected chi connectivity index (χ2v) is 6.04. The lowest BCUT2D eigenvalue weighted by molar-refractivity contribution is 0.0938. The summed E-state index contributed by atoms with van der Waals surface area (Å²) in [6.07, 6.45) is 0. The number of hydrogen-bond acceptors (Lipinski definition) is 8. The molecule has 1 aromatic heterocycles. The first-order valence-electron chi connectivity index (χ1n) is 9.48. The van der Waals surface area contributed by atoms with Gasteiger partial charge in [0.15, 0.2) is 11.5 Å². The minimum absolute atomic E-state index is 0.0345. The number of para-hydroxylation sites is 1. The summed E-state index contributed by atoms with van der Waals surface area (Å²) >= 11 is 0. The number of rotatable bonds is 12. The number of nitrogens with zero attached hydrogens (tertiary/aromatic N) is 4. The molecule has 3 aromatic rings. The zero-order chi connectivity index (χ0) is 20.3. The van der Waals surface area contributed by atoms with Crippen LogP contribution in [0.2, 0.25) is 0 Å². The number of benzene rings is 2. The summed E-state index contributed by atoms with van der Waals surface area (Å²) in [5.41, 5.74) is 1.85. The van der Waals surface area contributed by atoms with Crippen LogP contribution in [0.4, 0.5) is 0 Å². The van der Waals surface area contributed by atoms with Crippen LogP contribution in [-0.2, 0) is 11.3 Å². The van der Waals surface area contributed by atoms with E-state index in [9.17, 15) is 0 Å². The zero-order valence-corrected chi connectivity index (χ0v) is 16.3. The highest BCUT2D eigenvalue weighted by atomic mass is 16.5. The van der Waals surface area contributed by atoms with E-state index in [1.165, 1.54) is 4.68 Å². The molecule has 2 N–H and O–H groups in total. The molecule has 0 fully saturated rings. The molecule has 9 heteroatoms. The molecule has 29 heavy (non-hydrogen) atoms. The third-order valence-electron chi connectivity index (χ3n) is 3.94. The van der Waals surface area contributed by atoms with Crippen molar-refractivity contribution in [2.45, 2.75) is 13.5 Å². The molecule has 154 valence electrons. The van der Waals surface area contributed by atoms with E-state index in [4.69, 9.17) is 19.3 Å². The van der Waals surface area contributed by atoms with Gasteiger partial charge in [0, 0.05) is 13.1 Å². The Morgan fingerprint density at radius 2 is 1.93 bits per heavy atom. The maximum Gasteiger partial charge on any atom is 0.346 e. The number of tetrazole rings is 1. The highest BCUT2D eigenvalue weighted by molar-refractivity contribution is 5.44. The van der Waals surface area contributed by atoms with Crippen LogP contribution in [0.5, 0.6) is 17.5 Å². The van der Waals surface area contributed by atoms with Crippen molar-refractivity contribution in [1.29, 1.82) is 0 Å². The average molecular weight is 399 g/mol. The summed E-state index contributed by atoms with van der Waals surface area (Å²) in [4.78, 5) is 0. The van der Waals surface area contributed by atoms with Gasteiger partial charge < -0.3 is 24.6 Å². The highest BCUT2D eigenvalue weighted by Crippen LogP contribution is 2.32. The van der Waals surface area contributed by atoms with Gasteiger partial charge in [-0.2, -0.15) is 4.68 Å². The molecular formula is C20H25N5O4. The van der Waals surface area contributed by atoms with Crippen LogP contribution >= 0.6 is 0 Å². The van der Waals surface area contributed by atoms with Crippen molar-refractivity contribution in [3.63, 3.8) is 0 Å². The van der Waals surface area contributed by atoms with E-state index in [2.05, 4.69) is 20.8 Å². The Bertz CT molecular complexity index is 872. The van der Waals surface area contributed by atoms with E-state index in [0.717, 1.165) is 11.3 Å². The lowest BCUT2D eigenvalue weighted by Crippen LogP contribution is -2.20. The third-order valence-corrected chi connectivity index (χ3v) is 3.94. The molecule has 0 radical (unpaired) electrons. The molecule has 0 aliphatic rings. The lowest BCUT2D eigenvalue weighted by Gasteiger charge is -2.13. The van der Waals surface area contributed by atoms with E-state index in [1.54, 1.807) is 0 Å². The standard InChI is InChI=1S/C20H25N5O4/c1-2-28-19-14-16(15-21-10-12-27-13-11-26)8-9-18(19)29-20-22-23-24-25(20)17-6-4-3-5-7-17/h3-9,14,21,26H,2,10-13,15H2,1H3. The van der Waals surface area contributed by atoms with Crippen LogP contribution in [0.1, 0.15) is 12.5 Å².